The van der Waals surface area contributed by atoms with Crippen LogP contribution in [0.25, 0.3) is 0 Å². The van der Waals surface area contributed by atoms with Crippen LogP contribution in [0.5, 0.6) is 0 Å². The molecule has 1 aromatic heterocycles. The summed E-state index contributed by atoms with van der Waals surface area (Å²) in [6.45, 7) is 1.82. The summed E-state index contributed by atoms with van der Waals surface area (Å²) in [5.74, 6) is -0.369. The molecule has 1 fully saturated rings. The maximum Gasteiger partial charge on any atom is 0.280 e. The highest BCUT2D eigenvalue weighted by atomic mass is 79.9. The van der Waals surface area contributed by atoms with Gasteiger partial charge in [-0.05, 0) is 37.6 Å². The molecule has 2 aromatic rings. The molecule has 3 rings (SSSR count). The van der Waals surface area contributed by atoms with E-state index in [1.807, 2.05) is 6.92 Å². The quantitative estimate of drug-likeness (QED) is 0.757. The van der Waals surface area contributed by atoms with Gasteiger partial charge in [0.25, 0.3) is 10.2 Å². The van der Waals surface area contributed by atoms with Gasteiger partial charge in [-0.25, -0.2) is 0 Å². The molecule has 2 unspecified atom stereocenters. The minimum absolute atomic E-state index is 0.310. The van der Waals surface area contributed by atoms with Gasteiger partial charge in [0.1, 0.15) is 6.04 Å². The molecule has 10 heteroatoms. The van der Waals surface area contributed by atoms with E-state index in [9.17, 15) is 13.2 Å². The summed E-state index contributed by atoms with van der Waals surface area (Å²) in [5.41, 5.74) is 2.11. The minimum Gasteiger partial charge on any atom is -0.325 e. The van der Waals surface area contributed by atoms with E-state index in [4.69, 9.17) is 0 Å². The number of carbonyl (C=O) groups excluding carboxylic acids is 1. The number of halogens is 1. The lowest BCUT2D eigenvalue weighted by atomic mass is 10.00. The van der Waals surface area contributed by atoms with Crippen LogP contribution in [0.3, 0.4) is 0 Å². The first-order valence-corrected chi connectivity index (χ1v) is 10.2. The van der Waals surface area contributed by atoms with Gasteiger partial charge >= 0.3 is 0 Å². The second-order valence-electron chi connectivity index (χ2n) is 6.28. The van der Waals surface area contributed by atoms with E-state index in [1.54, 1.807) is 42.2 Å². The van der Waals surface area contributed by atoms with E-state index in [0.29, 0.717) is 12.1 Å². The number of carbonyl (C=O) groups is 1. The van der Waals surface area contributed by atoms with Crippen molar-refractivity contribution in [2.24, 2.45) is 7.05 Å². The zero-order valence-electron chi connectivity index (χ0n) is 14.6. The first-order chi connectivity index (χ1) is 12.2. The molecular weight excluding hydrogens is 422 g/mol. The van der Waals surface area contributed by atoms with Crippen LogP contribution in [-0.4, -0.2) is 41.5 Å². The topological polar surface area (TPSA) is 96.3 Å². The van der Waals surface area contributed by atoms with Crippen molar-refractivity contribution in [1.82, 2.24) is 18.8 Å². The van der Waals surface area contributed by atoms with E-state index >= 15 is 0 Å². The molecule has 1 aliphatic heterocycles. The molecule has 8 nitrogen and oxygen atoms in total. The third-order valence-corrected chi connectivity index (χ3v) is 6.53. The van der Waals surface area contributed by atoms with Gasteiger partial charge in [-0.1, -0.05) is 15.9 Å². The van der Waals surface area contributed by atoms with Crippen LogP contribution < -0.4 is 10.0 Å². The molecule has 0 aliphatic carbocycles. The number of benzene rings is 1. The van der Waals surface area contributed by atoms with Gasteiger partial charge in [0.2, 0.25) is 5.91 Å². The number of hydrogen-bond donors (Lipinski definition) is 2. The van der Waals surface area contributed by atoms with Crippen molar-refractivity contribution in [2.45, 2.75) is 25.4 Å². The number of aryl methyl sites for hydroxylation is 2. The molecule has 2 N–H and O–H groups in total. The molecule has 0 spiro atoms. The Morgan fingerprint density at radius 1 is 1.31 bits per heavy atom. The molecule has 26 heavy (non-hydrogen) atoms. The summed E-state index contributed by atoms with van der Waals surface area (Å²) in [6.07, 6.45) is 2.09. The summed E-state index contributed by atoms with van der Waals surface area (Å²) in [5, 5.41) is 7.05. The molecule has 140 valence electrons. The predicted octanol–water partition coefficient (Wildman–Crippen LogP) is 1.71. The van der Waals surface area contributed by atoms with Gasteiger partial charge in [-0.2, -0.15) is 22.5 Å². The van der Waals surface area contributed by atoms with Gasteiger partial charge in [0.05, 0.1) is 11.7 Å². The average molecular weight is 442 g/mol. The van der Waals surface area contributed by atoms with Crippen molar-refractivity contribution in [3.63, 3.8) is 0 Å². The van der Waals surface area contributed by atoms with E-state index < -0.39 is 22.3 Å². The normalized spacial score (nSPS) is 22.9. The van der Waals surface area contributed by atoms with Crippen molar-refractivity contribution in [3.8, 4) is 0 Å². The third-order valence-electron chi connectivity index (χ3n) is 4.41. The number of amides is 1. The van der Waals surface area contributed by atoms with E-state index in [0.717, 1.165) is 20.0 Å². The van der Waals surface area contributed by atoms with Crippen LogP contribution in [0, 0.1) is 6.92 Å². The Morgan fingerprint density at radius 3 is 2.54 bits per heavy atom. The van der Waals surface area contributed by atoms with Crippen LogP contribution in [-0.2, 0) is 22.1 Å². The molecule has 0 saturated carbocycles. The van der Waals surface area contributed by atoms with Crippen molar-refractivity contribution in [3.05, 3.63) is 46.2 Å². The zero-order valence-corrected chi connectivity index (χ0v) is 17.0. The van der Waals surface area contributed by atoms with Crippen molar-refractivity contribution < 1.29 is 13.2 Å². The number of anilines is 1. The Labute approximate surface area is 160 Å². The van der Waals surface area contributed by atoms with Crippen LogP contribution in [0.1, 0.15) is 23.7 Å². The lowest BCUT2D eigenvalue weighted by Gasteiger charge is -2.36. The molecule has 1 saturated heterocycles. The summed E-state index contributed by atoms with van der Waals surface area (Å²) >= 11 is 3.34. The maximum atomic E-state index is 12.7. The molecule has 2 atom stereocenters. The van der Waals surface area contributed by atoms with E-state index in [1.165, 1.54) is 7.05 Å². The van der Waals surface area contributed by atoms with Crippen LogP contribution >= 0.6 is 15.9 Å². The second-order valence-corrected chi connectivity index (χ2v) is 8.96. The van der Waals surface area contributed by atoms with Gasteiger partial charge in [-0.3, -0.25) is 9.48 Å². The molecular formula is C16H20BrN5O3S. The highest BCUT2D eigenvalue weighted by molar-refractivity contribution is 9.10. The molecule has 1 amide bonds. The fourth-order valence-corrected chi connectivity index (χ4v) is 4.56. The highest BCUT2D eigenvalue weighted by Crippen LogP contribution is 2.29. The Morgan fingerprint density at radius 2 is 1.96 bits per heavy atom. The molecule has 1 aromatic carbocycles. The van der Waals surface area contributed by atoms with Gasteiger partial charge in [0, 0.05) is 36.0 Å². The minimum atomic E-state index is -3.78. The third kappa shape index (κ3) is 3.83. The highest BCUT2D eigenvalue weighted by Gasteiger charge is 2.41. The smallest absolute Gasteiger partial charge is 0.280 e. The number of hydrogen-bond acceptors (Lipinski definition) is 4. The summed E-state index contributed by atoms with van der Waals surface area (Å²) in [4.78, 5) is 12.7. The fourth-order valence-electron chi connectivity index (χ4n) is 3.03. The monoisotopic (exact) mass is 441 g/mol. The average Bonchev–Trinajstić information content (AvgIpc) is 2.90. The lowest BCUT2D eigenvalue weighted by Crippen LogP contribution is -2.56. The SMILES string of the molecule is Cc1nn(C)cc1C1CC(C(=O)Nc2ccc(Br)cc2)N(C)S(=O)(=O)N1. The second kappa shape index (κ2) is 7.10. The standard InChI is InChI=1S/C16H20BrN5O3S/c1-10-13(9-21(2)19-10)14-8-15(22(3)26(24,25)20-14)16(23)18-12-6-4-11(17)5-7-12/h4-7,9,14-15,20H,8H2,1-3H3,(H,18,23). The van der Waals surface area contributed by atoms with Crippen molar-refractivity contribution in [2.75, 3.05) is 12.4 Å². The van der Waals surface area contributed by atoms with E-state index in [-0.39, 0.29) is 5.91 Å². The fraction of sp³-hybridized carbons (Fsp3) is 0.375. The number of nitrogens with zero attached hydrogens (tertiary/aromatic N) is 3. The Bertz CT molecular complexity index is 926. The zero-order chi connectivity index (χ0) is 19.1. The molecule has 2 heterocycles. The Kier molecular flexibility index (Phi) is 5.20. The summed E-state index contributed by atoms with van der Waals surface area (Å²) in [6, 6.07) is 5.78. The van der Waals surface area contributed by atoms with Crippen LogP contribution in [0.4, 0.5) is 5.69 Å². The Hall–Kier alpha value is -1.75. The number of nitrogens with one attached hydrogen (secondary N) is 2. The summed E-state index contributed by atoms with van der Waals surface area (Å²) < 4.78 is 31.2. The number of rotatable bonds is 3. The number of likely N-dealkylation sites (N-methyl/N-ethyl adjacent to an activating group) is 1. The molecule has 0 radical (unpaired) electrons. The molecule has 1 aliphatic rings. The van der Waals surface area contributed by atoms with Gasteiger partial charge in [-0.15, -0.1) is 0 Å². The van der Waals surface area contributed by atoms with Crippen LogP contribution in [0.2, 0.25) is 0 Å². The van der Waals surface area contributed by atoms with Gasteiger partial charge < -0.3 is 5.32 Å². The van der Waals surface area contributed by atoms with E-state index in [2.05, 4.69) is 31.1 Å². The van der Waals surface area contributed by atoms with Crippen LogP contribution in [0.15, 0.2) is 34.9 Å². The van der Waals surface area contributed by atoms with Crippen molar-refractivity contribution in [1.29, 1.82) is 0 Å². The molecule has 0 bridgehead atoms. The maximum absolute atomic E-state index is 12.7. The first kappa shape index (κ1) is 19.0. The lowest BCUT2D eigenvalue weighted by molar-refractivity contribution is -0.120. The first-order valence-electron chi connectivity index (χ1n) is 7.99. The summed E-state index contributed by atoms with van der Waals surface area (Å²) in [7, 11) is -0.603. The number of aromatic nitrogens is 2. The van der Waals surface area contributed by atoms with Gasteiger partial charge in [0.15, 0.2) is 0 Å². The largest absolute Gasteiger partial charge is 0.325 e. The predicted molar refractivity (Wildman–Crippen MR) is 102 cm³/mol. The van der Waals surface area contributed by atoms with Crippen molar-refractivity contribution >= 4 is 37.7 Å². The Balaban J connectivity index is 1.85.